The number of hydrogen-bond acceptors (Lipinski definition) is 4. The van der Waals surface area contributed by atoms with Gasteiger partial charge in [0.25, 0.3) is 0 Å². The number of nitrogens with one attached hydrogen (secondary N) is 1. The van der Waals surface area contributed by atoms with Crippen LogP contribution in [0.1, 0.15) is 30.9 Å². The Morgan fingerprint density at radius 3 is 2.32 bits per heavy atom. The van der Waals surface area contributed by atoms with Crippen LogP contribution in [0.3, 0.4) is 0 Å². The molecule has 38 heavy (non-hydrogen) atoms. The number of nitrogens with zero attached hydrogens (tertiary/aromatic N) is 2. The first-order valence-electron chi connectivity index (χ1n) is 12.5. The Bertz CT molecular complexity index is 1390. The van der Waals surface area contributed by atoms with Crippen molar-refractivity contribution in [3.8, 4) is 11.1 Å². The lowest BCUT2D eigenvalue weighted by atomic mass is 9.84. The second kappa shape index (κ2) is 10.8. The molecule has 2 aliphatic rings. The summed E-state index contributed by atoms with van der Waals surface area (Å²) in [6, 6.07) is 16.7. The van der Waals surface area contributed by atoms with E-state index < -0.39 is 0 Å². The minimum absolute atomic E-state index is 0.148. The Kier molecular flexibility index (Phi) is 7.60. The first-order valence-corrected chi connectivity index (χ1v) is 13.6. The molecular formula is C29H28Cl3N3O3. The number of fused-ring (bicyclic) bond motifs is 1. The number of carbonyl (C=O) groups is 2. The van der Waals surface area contributed by atoms with Crippen molar-refractivity contribution in [2.75, 3.05) is 25.1 Å². The van der Waals surface area contributed by atoms with Crippen molar-refractivity contribution < 1.29 is 14.3 Å². The van der Waals surface area contributed by atoms with Gasteiger partial charge in [0.2, 0.25) is 0 Å². The highest BCUT2D eigenvalue weighted by atomic mass is 35.5. The molecule has 0 aliphatic carbocycles. The lowest BCUT2D eigenvalue weighted by Crippen LogP contribution is -2.42. The number of halogens is 3. The van der Waals surface area contributed by atoms with Crippen molar-refractivity contribution in [2.45, 2.75) is 32.4 Å². The zero-order valence-corrected chi connectivity index (χ0v) is 23.6. The molecule has 0 radical (unpaired) electrons. The Morgan fingerprint density at radius 2 is 1.66 bits per heavy atom. The summed E-state index contributed by atoms with van der Waals surface area (Å²) in [5.74, 6) is -0.752. The topological polar surface area (TPSA) is 61.9 Å². The molecule has 0 spiro atoms. The number of amides is 2. The summed E-state index contributed by atoms with van der Waals surface area (Å²) in [4.78, 5) is 30.1. The van der Waals surface area contributed by atoms with E-state index in [1.807, 2.05) is 30.3 Å². The molecular weight excluding hydrogens is 545 g/mol. The van der Waals surface area contributed by atoms with Crippen LogP contribution in [-0.4, -0.2) is 43.1 Å². The summed E-state index contributed by atoms with van der Waals surface area (Å²) in [6.45, 7) is 5.80. The molecule has 1 saturated heterocycles. The van der Waals surface area contributed by atoms with Crippen LogP contribution in [0.4, 0.5) is 16.2 Å². The van der Waals surface area contributed by atoms with E-state index in [0.717, 1.165) is 22.3 Å². The van der Waals surface area contributed by atoms with Crippen LogP contribution in [0.25, 0.3) is 11.1 Å². The van der Waals surface area contributed by atoms with Crippen molar-refractivity contribution >= 4 is 58.2 Å². The normalized spacial score (nSPS) is 19.4. The fraction of sp³-hybridized carbons (Fsp3) is 0.310. The Hall–Kier alpha value is -2.77. The lowest BCUT2D eigenvalue weighted by Gasteiger charge is -2.34. The van der Waals surface area contributed by atoms with E-state index in [0.29, 0.717) is 46.1 Å². The predicted octanol–water partition coefficient (Wildman–Crippen LogP) is 7.27. The zero-order chi connectivity index (χ0) is 27.1. The Morgan fingerprint density at radius 1 is 0.974 bits per heavy atom. The summed E-state index contributed by atoms with van der Waals surface area (Å²) in [5, 5.41) is 4.25. The fourth-order valence-corrected chi connectivity index (χ4v) is 6.26. The monoisotopic (exact) mass is 571 g/mol. The average molecular weight is 573 g/mol. The van der Waals surface area contributed by atoms with Crippen LogP contribution in [0, 0.1) is 5.92 Å². The quantitative estimate of drug-likeness (QED) is 0.327. The van der Waals surface area contributed by atoms with Crippen molar-refractivity contribution in [2.24, 2.45) is 5.92 Å². The van der Waals surface area contributed by atoms with Gasteiger partial charge in [0.15, 0.2) is 0 Å². The number of likely N-dealkylation sites (tertiary alicyclic amines) is 1. The maximum atomic E-state index is 13.4. The maximum Gasteiger partial charge on any atom is 0.326 e. The number of ether oxygens (including phenoxy) is 1. The molecule has 2 heterocycles. The van der Waals surface area contributed by atoms with Crippen molar-refractivity contribution in [3.63, 3.8) is 0 Å². The number of para-hydroxylation sites is 1. The highest BCUT2D eigenvalue weighted by Crippen LogP contribution is 2.47. The standard InChI is InChI=1S/C29H28Cl3N3O3/c1-16(2)34-14-21(22(15-34)28(36)38-3)17-11-19(18-7-4-5-8-23(18)30)20-13-33-29(37)35(26(20)12-17)27-24(31)9-6-10-25(27)32/h4-12,16,21-22H,13-15H2,1-3H3,(H,33,37)/t21?,22-/m0/s1. The van der Waals surface area contributed by atoms with Crippen molar-refractivity contribution in [1.82, 2.24) is 10.2 Å². The highest BCUT2D eigenvalue weighted by molar-refractivity contribution is 6.40. The summed E-state index contributed by atoms with van der Waals surface area (Å²) < 4.78 is 5.20. The lowest BCUT2D eigenvalue weighted by molar-refractivity contribution is -0.145. The van der Waals surface area contributed by atoms with Crippen LogP contribution in [0.5, 0.6) is 0 Å². The van der Waals surface area contributed by atoms with Gasteiger partial charge in [-0.15, -0.1) is 0 Å². The molecule has 0 aromatic heterocycles. The first-order chi connectivity index (χ1) is 18.2. The van der Waals surface area contributed by atoms with E-state index in [2.05, 4.69) is 30.1 Å². The largest absolute Gasteiger partial charge is 0.469 e. The molecule has 1 N–H and O–H groups in total. The smallest absolute Gasteiger partial charge is 0.326 e. The molecule has 2 atom stereocenters. The second-order valence-corrected chi connectivity index (χ2v) is 11.1. The van der Waals surface area contributed by atoms with Gasteiger partial charge >= 0.3 is 12.0 Å². The first kappa shape index (κ1) is 26.8. The highest BCUT2D eigenvalue weighted by Gasteiger charge is 2.41. The van der Waals surface area contributed by atoms with E-state index in [9.17, 15) is 9.59 Å². The van der Waals surface area contributed by atoms with Crippen LogP contribution in [0.15, 0.2) is 54.6 Å². The van der Waals surface area contributed by atoms with Crippen LogP contribution in [0.2, 0.25) is 15.1 Å². The Labute approximate surface area is 237 Å². The molecule has 2 amide bonds. The van der Waals surface area contributed by atoms with E-state index in [1.54, 1.807) is 18.2 Å². The third-order valence-electron chi connectivity index (χ3n) is 7.44. The molecule has 0 bridgehead atoms. The summed E-state index contributed by atoms with van der Waals surface area (Å²) >= 11 is 19.9. The van der Waals surface area contributed by atoms with Gasteiger partial charge in [0, 0.05) is 47.7 Å². The number of esters is 1. The molecule has 6 nitrogen and oxygen atoms in total. The van der Waals surface area contributed by atoms with Gasteiger partial charge < -0.3 is 10.1 Å². The van der Waals surface area contributed by atoms with Gasteiger partial charge in [-0.25, -0.2) is 4.79 Å². The minimum Gasteiger partial charge on any atom is -0.469 e. The van der Waals surface area contributed by atoms with Gasteiger partial charge in [-0.3, -0.25) is 14.6 Å². The number of urea groups is 1. The fourth-order valence-electron chi connectivity index (χ4n) is 5.46. The molecule has 2 aliphatic heterocycles. The van der Waals surface area contributed by atoms with E-state index in [4.69, 9.17) is 39.5 Å². The van der Waals surface area contributed by atoms with Crippen molar-refractivity contribution in [3.05, 3.63) is 80.8 Å². The van der Waals surface area contributed by atoms with Crippen molar-refractivity contribution in [1.29, 1.82) is 0 Å². The predicted molar refractivity (Wildman–Crippen MR) is 153 cm³/mol. The minimum atomic E-state index is -0.352. The zero-order valence-electron chi connectivity index (χ0n) is 21.3. The molecule has 1 unspecified atom stereocenters. The van der Waals surface area contributed by atoms with Gasteiger partial charge in [-0.2, -0.15) is 0 Å². The maximum absolute atomic E-state index is 13.4. The molecule has 3 aromatic carbocycles. The Balaban J connectivity index is 1.77. The number of carbonyl (C=O) groups excluding carboxylic acids is 2. The third kappa shape index (κ3) is 4.75. The second-order valence-electron chi connectivity index (χ2n) is 9.89. The van der Waals surface area contributed by atoms with Gasteiger partial charge in [0.1, 0.15) is 0 Å². The van der Waals surface area contributed by atoms with Crippen LogP contribution >= 0.6 is 34.8 Å². The van der Waals surface area contributed by atoms with E-state index in [-0.39, 0.29) is 29.9 Å². The van der Waals surface area contributed by atoms with E-state index in [1.165, 1.54) is 12.0 Å². The van der Waals surface area contributed by atoms with Crippen LogP contribution in [-0.2, 0) is 16.1 Å². The number of hydrogen-bond donors (Lipinski definition) is 1. The SMILES string of the molecule is COC(=O)[C@H]1CN(C(C)C)CC1c1cc(-c2ccccc2Cl)c2c(c1)N(c1c(Cl)cccc1Cl)C(=O)NC2. The molecule has 0 saturated carbocycles. The molecule has 5 rings (SSSR count). The summed E-state index contributed by atoms with van der Waals surface area (Å²) in [7, 11) is 1.42. The molecule has 198 valence electrons. The molecule has 3 aromatic rings. The third-order valence-corrected chi connectivity index (χ3v) is 8.38. The van der Waals surface area contributed by atoms with Gasteiger partial charge in [0.05, 0.1) is 34.4 Å². The summed E-state index contributed by atoms with van der Waals surface area (Å²) in [6.07, 6.45) is 0. The van der Waals surface area contributed by atoms with Crippen LogP contribution < -0.4 is 10.2 Å². The summed E-state index contributed by atoms with van der Waals surface area (Å²) in [5.41, 5.74) is 4.56. The molecule has 1 fully saturated rings. The molecule has 9 heteroatoms. The number of benzene rings is 3. The average Bonchev–Trinajstić information content (AvgIpc) is 3.35. The number of anilines is 2. The van der Waals surface area contributed by atoms with E-state index >= 15 is 0 Å². The number of rotatable bonds is 5. The van der Waals surface area contributed by atoms with Gasteiger partial charge in [-0.05, 0) is 49.2 Å². The van der Waals surface area contributed by atoms with Gasteiger partial charge in [-0.1, -0.05) is 65.1 Å². The number of methoxy groups -OCH3 is 1.